The van der Waals surface area contributed by atoms with E-state index in [1.54, 1.807) is 13.3 Å². The number of carbonyl (C=O) groups is 1. The molecule has 1 aromatic heterocycles. The molecule has 7 nitrogen and oxygen atoms in total. The Kier molecular flexibility index (Phi) is 10.7. The quantitative estimate of drug-likeness (QED) is 0.137. The smallest absolute Gasteiger partial charge is 0.252 e. The van der Waals surface area contributed by atoms with Crippen molar-refractivity contribution in [2.75, 3.05) is 26.9 Å². The maximum atomic E-state index is 14.5. The zero-order chi connectivity index (χ0) is 32.9. The Hall–Kier alpha value is -3.53. The number of aryl methyl sites for hydroxylation is 1. The molecule has 1 aliphatic carbocycles. The Balaban J connectivity index is 1.16. The number of nitrogens with zero attached hydrogens (tertiary/aromatic N) is 2. The van der Waals surface area contributed by atoms with Crippen LogP contribution in [0.15, 0.2) is 54.2 Å². The second kappa shape index (κ2) is 15.1. The Morgan fingerprint density at radius 2 is 1.74 bits per heavy atom. The van der Waals surface area contributed by atoms with Gasteiger partial charge in [0.05, 0.1) is 13.2 Å². The molecule has 6 rings (SSSR count). The van der Waals surface area contributed by atoms with E-state index in [1.165, 1.54) is 0 Å². The molecule has 3 heterocycles. The molecule has 0 spiro atoms. The van der Waals surface area contributed by atoms with Crippen molar-refractivity contribution in [2.24, 2.45) is 0 Å². The van der Waals surface area contributed by atoms with Gasteiger partial charge in [0.25, 0.3) is 5.91 Å². The Morgan fingerprint density at radius 3 is 2.51 bits per heavy atom. The van der Waals surface area contributed by atoms with Gasteiger partial charge in [-0.05, 0) is 92.3 Å². The van der Waals surface area contributed by atoms with Crippen LogP contribution in [0.4, 0.5) is 8.78 Å². The number of aromatic nitrogens is 1. The van der Waals surface area contributed by atoms with Gasteiger partial charge in [-0.1, -0.05) is 35.9 Å². The molecule has 1 amide bonds. The number of hydrogen-bond acceptors (Lipinski definition) is 6. The fourth-order valence-electron chi connectivity index (χ4n) is 6.62. The number of halogens is 3. The average Bonchev–Trinajstić information content (AvgIpc) is 3.86. The minimum absolute atomic E-state index is 0.0441. The van der Waals surface area contributed by atoms with Crippen LogP contribution >= 0.6 is 11.6 Å². The summed E-state index contributed by atoms with van der Waals surface area (Å²) in [5.74, 6) is -0.922. The van der Waals surface area contributed by atoms with Crippen LogP contribution in [0.25, 0.3) is 5.57 Å². The molecule has 1 N–H and O–H groups in total. The van der Waals surface area contributed by atoms with Gasteiger partial charge in [0.1, 0.15) is 10.8 Å². The molecule has 47 heavy (non-hydrogen) atoms. The molecule has 3 aliphatic rings. The lowest BCUT2D eigenvalue weighted by Crippen LogP contribution is -2.44. The maximum Gasteiger partial charge on any atom is 0.252 e. The molecular weight excluding hydrogens is 624 g/mol. The highest BCUT2D eigenvalue weighted by Crippen LogP contribution is 2.40. The van der Waals surface area contributed by atoms with E-state index in [1.807, 2.05) is 13.0 Å². The highest BCUT2D eigenvalue weighted by atomic mass is 35.5. The lowest BCUT2D eigenvalue weighted by Gasteiger charge is -2.32. The predicted molar refractivity (Wildman–Crippen MR) is 178 cm³/mol. The summed E-state index contributed by atoms with van der Waals surface area (Å²) in [6.07, 6.45) is 8.69. The van der Waals surface area contributed by atoms with E-state index < -0.39 is 11.6 Å². The number of pyridine rings is 1. The number of fused-ring (bicyclic) bond motifs is 2. The summed E-state index contributed by atoms with van der Waals surface area (Å²) in [6, 6.07) is 13.0. The predicted octanol–water partition coefficient (Wildman–Crippen LogP) is 7.22. The summed E-state index contributed by atoms with van der Waals surface area (Å²) in [7, 11) is 1.68. The molecule has 3 aromatic rings. The number of hydrogen-bond donors (Lipinski definition) is 1. The molecule has 2 bridgehead atoms. The van der Waals surface area contributed by atoms with Crippen LogP contribution in [-0.4, -0.2) is 60.8 Å². The average molecular weight is 666 g/mol. The standard InChI is InChI=1S/C37H42ClF2N3O4/c1-23-26(16-17-41-36(23)47-20-4-18-45-2)22-43(28-11-12-28)37(44)33-29(21-27-10-15-32(33)42-27)25-8-6-24(7-9-25)5-3-19-46-35-31(40)14-13-30(39)34(35)38/h6-9,13-14,16-17,27-28,32,42H,3-5,10-12,15,18-22H2,1-2H3. The second-order valence-electron chi connectivity index (χ2n) is 12.7. The van der Waals surface area contributed by atoms with Crippen LogP contribution in [0.3, 0.4) is 0 Å². The molecule has 250 valence electrons. The van der Waals surface area contributed by atoms with E-state index in [9.17, 15) is 13.6 Å². The van der Waals surface area contributed by atoms with E-state index in [0.29, 0.717) is 44.5 Å². The van der Waals surface area contributed by atoms with Crippen molar-refractivity contribution < 1.29 is 27.8 Å². The number of ether oxygens (including phenoxy) is 3. The van der Waals surface area contributed by atoms with Crippen LogP contribution in [0.1, 0.15) is 67.2 Å². The topological polar surface area (TPSA) is 72.9 Å². The SMILES string of the molecule is COCCCOc1nccc(CN(C(=O)C2=C(c3ccc(CCCOc4c(F)ccc(F)c4Cl)cc3)CC3CCC2N3)C2CC2)c1C. The number of rotatable bonds is 15. The van der Waals surface area contributed by atoms with Crippen LogP contribution < -0.4 is 14.8 Å². The zero-order valence-corrected chi connectivity index (χ0v) is 27.8. The molecule has 2 aliphatic heterocycles. The van der Waals surface area contributed by atoms with Crippen molar-refractivity contribution in [3.05, 3.63) is 93.1 Å². The first-order chi connectivity index (χ1) is 22.8. The molecule has 1 saturated heterocycles. The van der Waals surface area contributed by atoms with Gasteiger partial charge in [-0.3, -0.25) is 4.79 Å². The lowest BCUT2D eigenvalue weighted by atomic mass is 9.88. The normalized spacial score (nSPS) is 18.8. The number of nitrogens with one attached hydrogen (secondary N) is 1. The fraction of sp³-hybridized carbons (Fsp3) is 0.459. The van der Waals surface area contributed by atoms with Gasteiger partial charge in [0.2, 0.25) is 5.88 Å². The highest BCUT2D eigenvalue weighted by molar-refractivity contribution is 6.32. The molecule has 2 aromatic carbocycles. The number of benzene rings is 2. The molecule has 10 heteroatoms. The van der Waals surface area contributed by atoms with Gasteiger partial charge < -0.3 is 24.4 Å². The zero-order valence-electron chi connectivity index (χ0n) is 27.0. The Morgan fingerprint density at radius 1 is 0.979 bits per heavy atom. The van der Waals surface area contributed by atoms with Crippen LogP contribution in [0.5, 0.6) is 11.6 Å². The summed E-state index contributed by atoms with van der Waals surface area (Å²) < 4.78 is 44.3. The van der Waals surface area contributed by atoms with Crippen molar-refractivity contribution in [2.45, 2.75) is 83.0 Å². The molecule has 1 saturated carbocycles. The number of carbonyl (C=O) groups excluding carboxylic acids is 1. The highest BCUT2D eigenvalue weighted by Gasteiger charge is 2.42. The van der Waals surface area contributed by atoms with E-state index >= 15 is 0 Å². The molecule has 0 radical (unpaired) electrons. The third-order valence-electron chi connectivity index (χ3n) is 9.35. The van der Waals surface area contributed by atoms with E-state index in [0.717, 1.165) is 84.1 Å². The Bertz CT molecular complexity index is 1610. The first-order valence-electron chi connectivity index (χ1n) is 16.6. The number of methoxy groups -OCH3 is 1. The van der Waals surface area contributed by atoms with Crippen molar-refractivity contribution in [3.8, 4) is 11.6 Å². The van der Waals surface area contributed by atoms with Crippen molar-refractivity contribution in [1.29, 1.82) is 0 Å². The first kappa shape index (κ1) is 33.4. The third-order valence-corrected chi connectivity index (χ3v) is 9.70. The summed E-state index contributed by atoms with van der Waals surface area (Å²) in [6.45, 7) is 3.89. The summed E-state index contributed by atoms with van der Waals surface area (Å²) >= 11 is 5.88. The minimum atomic E-state index is -0.710. The van der Waals surface area contributed by atoms with Crippen LogP contribution in [-0.2, 0) is 22.5 Å². The van der Waals surface area contributed by atoms with Gasteiger partial charge in [-0.2, -0.15) is 0 Å². The van der Waals surface area contributed by atoms with E-state index in [4.69, 9.17) is 25.8 Å². The molecule has 2 unspecified atom stereocenters. The van der Waals surface area contributed by atoms with Crippen LogP contribution in [0.2, 0.25) is 5.02 Å². The summed E-state index contributed by atoms with van der Waals surface area (Å²) in [5.41, 5.74) is 6.21. The van der Waals surface area contributed by atoms with Crippen LogP contribution in [0, 0.1) is 18.6 Å². The van der Waals surface area contributed by atoms with Gasteiger partial charge in [-0.15, -0.1) is 0 Å². The largest absolute Gasteiger partial charge is 0.489 e. The van der Waals surface area contributed by atoms with Gasteiger partial charge in [0, 0.05) is 62.1 Å². The van der Waals surface area contributed by atoms with E-state index in [-0.39, 0.29) is 35.4 Å². The van der Waals surface area contributed by atoms with Gasteiger partial charge in [-0.25, -0.2) is 13.8 Å². The fourth-order valence-corrected chi connectivity index (χ4v) is 6.83. The molecule has 2 fully saturated rings. The minimum Gasteiger partial charge on any atom is -0.489 e. The van der Waals surface area contributed by atoms with Crippen molar-refractivity contribution in [3.63, 3.8) is 0 Å². The Labute approximate surface area is 280 Å². The summed E-state index contributed by atoms with van der Waals surface area (Å²) in [4.78, 5) is 21.0. The lowest BCUT2D eigenvalue weighted by molar-refractivity contribution is -0.128. The van der Waals surface area contributed by atoms with Crippen molar-refractivity contribution >= 4 is 23.1 Å². The van der Waals surface area contributed by atoms with E-state index in [2.05, 4.69) is 39.5 Å². The van der Waals surface area contributed by atoms with Gasteiger partial charge >= 0.3 is 0 Å². The monoisotopic (exact) mass is 665 g/mol. The first-order valence-corrected chi connectivity index (χ1v) is 16.9. The van der Waals surface area contributed by atoms with Crippen molar-refractivity contribution in [1.82, 2.24) is 15.2 Å². The molecule has 2 atom stereocenters. The molecular formula is C37H42ClF2N3O4. The second-order valence-corrected chi connectivity index (χ2v) is 13.0. The maximum absolute atomic E-state index is 14.5. The van der Waals surface area contributed by atoms with Gasteiger partial charge in [0.15, 0.2) is 11.6 Å². The number of amides is 1. The summed E-state index contributed by atoms with van der Waals surface area (Å²) in [5, 5.41) is 3.36. The third kappa shape index (κ3) is 7.79.